The van der Waals surface area contributed by atoms with E-state index in [2.05, 4.69) is 251 Å². The Hall–Kier alpha value is -7.34. The van der Waals surface area contributed by atoms with Crippen LogP contribution in [0, 0.1) is 27.7 Å². The van der Waals surface area contributed by atoms with Gasteiger partial charge in [0.1, 0.15) is 27.5 Å². The molecular formula is C64H55BrN2O2. The third kappa shape index (κ3) is 7.89. The van der Waals surface area contributed by atoms with Crippen LogP contribution in [0.4, 0.5) is 34.1 Å². The molecule has 0 radical (unpaired) electrons. The molecule has 0 unspecified atom stereocenters. The van der Waals surface area contributed by atoms with E-state index in [9.17, 15) is 0 Å². The van der Waals surface area contributed by atoms with Crippen LogP contribution in [0.1, 0.15) is 72.2 Å². The zero-order valence-corrected chi connectivity index (χ0v) is 42.1. The summed E-state index contributed by atoms with van der Waals surface area (Å²) < 4.78 is 14.2. The van der Waals surface area contributed by atoms with Gasteiger partial charge < -0.3 is 19.3 Å². The molecule has 0 amide bonds. The lowest BCUT2D eigenvalue weighted by Gasteiger charge is -2.28. The zero-order valence-electron chi connectivity index (χ0n) is 40.5. The van der Waals surface area contributed by atoms with Crippen molar-refractivity contribution in [2.45, 2.75) is 66.2 Å². The quantitative estimate of drug-likeness (QED) is 0.136. The molecule has 0 saturated heterocycles. The molecule has 0 saturated carbocycles. The molecular weight excluding hydrogens is 909 g/mol. The Balaban J connectivity index is 0.869. The number of rotatable bonds is 10. The third-order valence-corrected chi connectivity index (χ3v) is 15.1. The molecule has 0 aromatic heterocycles. The van der Waals surface area contributed by atoms with Crippen molar-refractivity contribution in [3.8, 4) is 45.3 Å². The Bertz CT molecular complexity index is 3110. The second kappa shape index (κ2) is 17.0. The fraction of sp³-hybridized carbons (Fsp3) is 0.156. The summed E-state index contributed by atoms with van der Waals surface area (Å²) in [5, 5.41) is 0. The van der Waals surface area contributed by atoms with Gasteiger partial charge in [-0.3, -0.25) is 0 Å². The van der Waals surface area contributed by atoms with Crippen LogP contribution in [0.15, 0.2) is 193 Å². The molecule has 340 valence electrons. The van der Waals surface area contributed by atoms with Gasteiger partial charge in [0.2, 0.25) is 0 Å². The first-order chi connectivity index (χ1) is 33.2. The standard InChI is InChI=1S/C64H55BrN2O2/c1-40-12-20-44(21-13-40)66(45-22-14-41(2)15-23-45)48-28-32-52-54-38-50(30-34-56(54)63(5,6)58(52)36-48)68-60-10-9-11-61(62(60)65)69-51-31-35-57-55(39-51)53-33-29-49(37-59(53)64(57,7)8)67(46-24-16-42(3)17-25-46)47-26-18-43(4)19-27-47/h9-39H,1-8H3. The predicted octanol–water partition coefficient (Wildman–Crippen LogP) is 18.8. The Labute approximate surface area is 415 Å². The van der Waals surface area contributed by atoms with Crippen molar-refractivity contribution in [3.05, 3.63) is 237 Å². The molecule has 2 aliphatic carbocycles. The van der Waals surface area contributed by atoms with E-state index in [4.69, 9.17) is 9.47 Å². The highest BCUT2D eigenvalue weighted by atomic mass is 79.9. The smallest absolute Gasteiger partial charge is 0.145 e. The summed E-state index contributed by atoms with van der Waals surface area (Å²) in [6.45, 7) is 17.8. The van der Waals surface area contributed by atoms with Gasteiger partial charge in [0.25, 0.3) is 0 Å². The highest BCUT2D eigenvalue weighted by molar-refractivity contribution is 9.10. The van der Waals surface area contributed by atoms with E-state index in [1.165, 1.54) is 66.8 Å². The fourth-order valence-electron chi connectivity index (χ4n) is 10.4. The Morgan fingerprint density at radius 2 is 0.652 bits per heavy atom. The second-order valence-electron chi connectivity index (χ2n) is 19.9. The molecule has 9 aromatic carbocycles. The maximum absolute atomic E-state index is 6.71. The summed E-state index contributed by atoms with van der Waals surface area (Å²) in [6, 6.07) is 67.8. The molecule has 0 heterocycles. The summed E-state index contributed by atoms with van der Waals surface area (Å²) in [4.78, 5) is 4.70. The van der Waals surface area contributed by atoms with Gasteiger partial charge in [0.15, 0.2) is 0 Å². The number of hydrogen-bond acceptors (Lipinski definition) is 4. The van der Waals surface area contributed by atoms with Crippen LogP contribution in [0.2, 0.25) is 0 Å². The average Bonchev–Trinajstić information content (AvgIpc) is 3.70. The molecule has 5 heteroatoms. The van der Waals surface area contributed by atoms with Gasteiger partial charge in [-0.1, -0.05) is 129 Å². The average molecular weight is 964 g/mol. The minimum Gasteiger partial charge on any atom is -0.456 e. The normalized spacial score (nSPS) is 13.5. The van der Waals surface area contributed by atoms with Crippen LogP contribution >= 0.6 is 15.9 Å². The first-order valence-electron chi connectivity index (χ1n) is 23.8. The van der Waals surface area contributed by atoms with Crippen LogP contribution in [0.3, 0.4) is 0 Å². The lowest BCUT2D eigenvalue weighted by molar-refractivity contribution is 0.455. The molecule has 0 aliphatic heterocycles. The highest BCUT2D eigenvalue weighted by Gasteiger charge is 2.38. The van der Waals surface area contributed by atoms with Crippen molar-refractivity contribution in [3.63, 3.8) is 0 Å². The first-order valence-corrected chi connectivity index (χ1v) is 24.6. The Morgan fingerprint density at radius 1 is 0.333 bits per heavy atom. The van der Waals surface area contributed by atoms with Gasteiger partial charge in [-0.15, -0.1) is 0 Å². The highest BCUT2D eigenvalue weighted by Crippen LogP contribution is 2.54. The minimum atomic E-state index is -0.211. The number of nitrogens with zero attached hydrogens (tertiary/aromatic N) is 2. The van der Waals surface area contributed by atoms with Crippen molar-refractivity contribution < 1.29 is 9.47 Å². The van der Waals surface area contributed by atoms with Gasteiger partial charge in [-0.05, 0) is 197 Å². The molecule has 0 fully saturated rings. The van der Waals surface area contributed by atoms with Crippen molar-refractivity contribution >= 4 is 50.1 Å². The lowest BCUT2D eigenvalue weighted by atomic mass is 9.82. The van der Waals surface area contributed by atoms with Crippen molar-refractivity contribution in [1.82, 2.24) is 0 Å². The number of ether oxygens (including phenoxy) is 2. The summed E-state index contributed by atoms with van der Waals surface area (Å²) >= 11 is 3.88. The van der Waals surface area contributed by atoms with E-state index in [0.717, 1.165) is 50.1 Å². The van der Waals surface area contributed by atoms with Gasteiger partial charge >= 0.3 is 0 Å². The van der Waals surface area contributed by atoms with Gasteiger partial charge in [0, 0.05) is 45.0 Å². The lowest BCUT2D eigenvalue weighted by Crippen LogP contribution is -2.16. The summed E-state index contributed by atoms with van der Waals surface area (Å²) in [6.07, 6.45) is 0. The number of hydrogen-bond donors (Lipinski definition) is 0. The van der Waals surface area contributed by atoms with E-state index in [1.54, 1.807) is 0 Å². The molecule has 69 heavy (non-hydrogen) atoms. The van der Waals surface area contributed by atoms with Gasteiger partial charge in [-0.2, -0.15) is 0 Å². The maximum atomic E-state index is 6.71. The largest absolute Gasteiger partial charge is 0.456 e. The van der Waals surface area contributed by atoms with Crippen LogP contribution in [0.5, 0.6) is 23.0 Å². The SMILES string of the molecule is Cc1ccc(N(c2ccc(C)cc2)c2ccc3c(c2)C(C)(C)c2ccc(Oc4cccc(Oc5ccc6c(c5)-c5ccc(N(c7ccc(C)cc7)c7ccc(C)cc7)cc5C6(C)C)c4Br)cc2-3)cc1. The van der Waals surface area contributed by atoms with Crippen molar-refractivity contribution in [1.29, 1.82) is 0 Å². The first kappa shape index (κ1) is 44.2. The molecule has 0 spiro atoms. The topological polar surface area (TPSA) is 24.9 Å². The van der Waals surface area contributed by atoms with Crippen molar-refractivity contribution in [2.24, 2.45) is 0 Å². The molecule has 0 N–H and O–H groups in total. The minimum absolute atomic E-state index is 0.211. The number of aryl methyl sites for hydroxylation is 4. The van der Waals surface area contributed by atoms with Gasteiger partial charge in [0.05, 0.1) is 0 Å². The third-order valence-electron chi connectivity index (χ3n) is 14.3. The van der Waals surface area contributed by atoms with E-state index < -0.39 is 0 Å². The maximum Gasteiger partial charge on any atom is 0.145 e. The van der Waals surface area contributed by atoms with E-state index >= 15 is 0 Å². The van der Waals surface area contributed by atoms with E-state index in [0.29, 0.717) is 11.5 Å². The molecule has 9 aromatic rings. The summed E-state index contributed by atoms with van der Waals surface area (Å²) in [5.74, 6) is 2.89. The van der Waals surface area contributed by atoms with Crippen molar-refractivity contribution in [2.75, 3.05) is 9.80 Å². The predicted molar refractivity (Wildman–Crippen MR) is 291 cm³/mol. The number of fused-ring (bicyclic) bond motifs is 6. The second-order valence-corrected chi connectivity index (χ2v) is 20.7. The summed E-state index contributed by atoms with van der Waals surface area (Å²) in [7, 11) is 0. The van der Waals surface area contributed by atoms with Crippen LogP contribution < -0.4 is 19.3 Å². The van der Waals surface area contributed by atoms with Crippen LogP contribution in [0.25, 0.3) is 22.3 Å². The summed E-state index contributed by atoms with van der Waals surface area (Å²) in [5.41, 5.74) is 21.3. The molecule has 2 aliphatic rings. The fourth-order valence-corrected chi connectivity index (χ4v) is 10.8. The molecule has 0 atom stereocenters. The molecule has 11 rings (SSSR count). The van der Waals surface area contributed by atoms with Gasteiger partial charge in [-0.25, -0.2) is 0 Å². The number of anilines is 6. The Kier molecular flexibility index (Phi) is 10.9. The van der Waals surface area contributed by atoms with E-state index in [1.807, 2.05) is 18.2 Å². The number of benzene rings is 9. The van der Waals surface area contributed by atoms with E-state index in [-0.39, 0.29) is 10.8 Å². The Morgan fingerprint density at radius 3 is 0.986 bits per heavy atom. The monoisotopic (exact) mass is 962 g/mol. The van der Waals surface area contributed by atoms with Crippen LogP contribution in [-0.4, -0.2) is 0 Å². The van der Waals surface area contributed by atoms with Crippen LogP contribution in [-0.2, 0) is 10.8 Å². The number of halogens is 1. The molecule has 0 bridgehead atoms. The molecule has 4 nitrogen and oxygen atoms in total. The zero-order chi connectivity index (χ0) is 47.8.